The zero-order chi connectivity index (χ0) is 21.7. The number of rotatable bonds is 9. The first-order valence-electron chi connectivity index (χ1n) is 10.6. The molecule has 160 valence electrons. The van der Waals surface area contributed by atoms with Crippen LogP contribution in [-0.4, -0.2) is 15.1 Å². The molecule has 1 N–H and O–H groups in total. The van der Waals surface area contributed by atoms with Crippen LogP contribution in [0.5, 0.6) is 5.88 Å². The molecule has 0 saturated carbocycles. The van der Waals surface area contributed by atoms with Crippen LogP contribution in [0.2, 0.25) is 0 Å². The van der Waals surface area contributed by atoms with Crippen LogP contribution in [0.1, 0.15) is 64.0 Å². The number of anilines is 1. The minimum Gasteiger partial charge on any atom is -0.473 e. The molecule has 2 atom stereocenters. The first-order chi connectivity index (χ1) is 14.4. The van der Waals surface area contributed by atoms with E-state index in [1.807, 2.05) is 6.07 Å². The Morgan fingerprint density at radius 3 is 2.87 bits per heavy atom. The number of halogens is 1. The number of nitrogens with zero attached hydrogens (tertiary/aromatic N) is 3. The van der Waals surface area contributed by atoms with E-state index in [2.05, 4.69) is 31.1 Å². The molecule has 1 unspecified atom stereocenters. The summed E-state index contributed by atoms with van der Waals surface area (Å²) in [5.74, 6) is 1.02. The van der Waals surface area contributed by atoms with Crippen LogP contribution in [0.4, 0.5) is 10.2 Å². The van der Waals surface area contributed by atoms with Gasteiger partial charge in [-0.15, -0.1) is 0 Å². The van der Waals surface area contributed by atoms with Gasteiger partial charge in [-0.1, -0.05) is 39.7 Å². The van der Waals surface area contributed by atoms with E-state index in [1.54, 1.807) is 16.7 Å². The molecule has 1 aliphatic heterocycles. The molecule has 1 aliphatic rings. The van der Waals surface area contributed by atoms with Crippen molar-refractivity contribution in [2.75, 3.05) is 5.32 Å². The van der Waals surface area contributed by atoms with E-state index in [4.69, 9.17) is 10.00 Å². The van der Waals surface area contributed by atoms with Gasteiger partial charge in [0.1, 0.15) is 24.3 Å². The molecule has 3 rings (SSSR count). The first kappa shape index (κ1) is 21.8. The Morgan fingerprint density at radius 1 is 1.37 bits per heavy atom. The van der Waals surface area contributed by atoms with Crippen LogP contribution < -0.4 is 15.7 Å². The highest BCUT2D eigenvalue weighted by Gasteiger charge is 2.37. The van der Waals surface area contributed by atoms with Crippen LogP contribution in [0.3, 0.4) is 0 Å². The van der Waals surface area contributed by atoms with Gasteiger partial charge in [0.25, 0.3) is 0 Å². The number of nitriles is 1. The molecule has 2 heterocycles. The Kier molecular flexibility index (Phi) is 6.76. The molecule has 6 nitrogen and oxygen atoms in total. The summed E-state index contributed by atoms with van der Waals surface area (Å²) < 4.78 is 20.8. The van der Waals surface area contributed by atoms with E-state index in [0.717, 1.165) is 37.9 Å². The van der Waals surface area contributed by atoms with Gasteiger partial charge >= 0.3 is 5.69 Å². The lowest BCUT2D eigenvalue weighted by Gasteiger charge is -2.30. The summed E-state index contributed by atoms with van der Waals surface area (Å²) >= 11 is 0. The van der Waals surface area contributed by atoms with Gasteiger partial charge < -0.3 is 10.1 Å². The standard InChI is InChI=1S/C23H29FN4O2/c1-4-9-23(10-8-16(3)5-2)15-28-20(27-23)12-21(26-22(28)29)30-14-17-6-7-19(24)18(11-17)13-25/h6-7,11-12,16,27H,4-5,8-10,14-15H2,1-3H3/t16-,23?/m1/s1. The highest BCUT2D eigenvalue weighted by atomic mass is 19.1. The summed E-state index contributed by atoms with van der Waals surface area (Å²) in [6, 6.07) is 7.79. The minimum atomic E-state index is -0.566. The number of hydrogen-bond acceptors (Lipinski definition) is 5. The first-order valence-corrected chi connectivity index (χ1v) is 10.6. The SMILES string of the molecule is CCCC1(CC[C@H](C)CC)Cn2c(cc(OCc3ccc(F)c(C#N)c3)nc2=O)N1. The van der Waals surface area contributed by atoms with E-state index in [0.29, 0.717) is 18.0 Å². The van der Waals surface area contributed by atoms with Gasteiger partial charge in [-0.25, -0.2) is 9.18 Å². The highest BCUT2D eigenvalue weighted by Crippen LogP contribution is 2.35. The number of benzene rings is 1. The molecule has 0 fully saturated rings. The number of fused-ring (bicyclic) bond motifs is 1. The Labute approximate surface area is 176 Å². The Bertz CT molecular complexity index is 998. The largest absolute Gasteiger partial charge is 0.473 e. The van der Waals surface area contributed by atoms with Crippen molar-refractivity contribution in [1.82, 2.24) is 9.55 Å². The van der Waals surface area contributed by atoms with Crippen LogP contribution >= 0.6 is 0 Å². The van der Waals surface area contributed by atoms with E-state index >= 15 is 0 Å². The molecule has 7 heteroatoms. The molecule has 1 aromatic carbocycles. The van der Waals surface area contributed by atoms with Gasteiger partial charge in [-0.05, 0) is 42.9 Å². The summed E-state index contributed by atoms with van der Waals surface area (Å²) in [5.41, 5.74) is 0.125. The van der Waals surface area contributed by atoms with Gasteiger partial charge in [0.15, 0.2) is 0 Å². The fraction of sp³-hybridized carbons (Fsp3) is 0.522. The molecule has 0 amide bonds. The van der Waals surface area contributed by atoms with Crippen LogP contribution in [0.25, 0.3) is 0 Å². The van der Waals surface area contributed by atoms with Crippen molar-refractivity contribution in [3.8, 4) is 11.9 Å². The number of aromatic nitrogens is 2. The predicted molar refractivity (Wildman–Crippen MR) is 114 cm³/mol. The van der Waals surface area contributed by atoms with Gasteiger partial charge in [0, 0.05) is 6.07 Å². The maximum Gasteiger partial charge on any atom is 0.352 e. The fourth-order valence-electron chi connectivity index (χ4n) is 3.95. The van der Waals surface area contributed by atoms with E-state index in [-0.39, 0.29) is 29.3 Å². The summed E-state index contributed by atoms with van der Waals surface area (Å²) in [7, 11) is 0. The molecule has 0 bridgehead atoms. The summed E-state index contributed by atoms with van der Waals surface area (Å²) in [5, 5.41) is 12.5. The smallest absolute Gasteiger partial charge is 0.352 e. The van der Waals surface area contributed by atoms with Gasteiger partial charge in [-0.3, -0.25) is 4.57 Å². The fourth-order valence-corrected chi connectivity index (χ4v) is 3.95. The zero-order valence-corrected chi connectivity index (χ0v) is 17.9. The van der Waals surface area contributed by atoms with Crippen LogP contribution in [-0.2, 0) is 13.2 Å². The van der Waals surface area contributed by atoms with E-state index < -0.39 is 5.82 Å². The van der Waals surface area contributed by atoms with Crippen molar-refractivity contribution in [1.29, 1.82) is 5.26 Å². The lowest BCUT2D eigenvalue weighted by molar-refractivity contribution is 0.290. The Balaban J connectivity index is 1.75. The average molecular weight is 413 g/mol. The minimum absolute atomic E-state index is 0.0367. The maximum absolute atomic E-state index is 13.5. The highest BCUT2D eigenvalue weighted by molar-refractivity contribution is 5.46. The molecule has 1 aromatic heterocycles. The number of ether oxygens (including phenoxy) is 1. The normalized spacial score (nSPS) is 18.4. The topological polar surface area (TPSA) is 79.9 Å². The van der Waals surface area contributed by atoms with Gasteiger partial charge in [-0.2, -0.15) is 10.2 Å². The third-order valence-corrected chi connectivity index (χ3v) is 5.92. The van der Waals surface area contributed by atoms with Crippen molar-refractivity contribution in [3.63, 3.8) is 0 Å². The molecule has 0 aliphatic carbocycles. The monoisotopic (exact) mass is 412 g/mol. The van der Waals surface area contributed by atoms with Crippen molar-refractivity contribution >= 4 is 5.82 Å². The number of nitrogens with one attached hydrogen (secondary N) is 1. The Morgan fingerprint density at radius 2 is 2.17 bits per heavy atom. The molecule has 0 radical (unpaired) electrons. The van der Waals surface area contributed by atoms with Crippen LogP contribution in [0.15, 0.2) is 29.1 Å². The quantitative estimate of drug-likeness (QED) is 0.650. The Hall–Kier alpha value is -2.88. The van der Waals surface area contributed by atoms with Crippen molar-refractivity contribution in [2.45, 2.75) is 71.6 Å². The third-order valence-electron chi connectivity index (χ3n) is 5.92. The molecule has 0 spiro atoms. The lowest BCUT2D eigenvalue weighted by Crippen LogP contribution is -2.38. The second-order valence-electron chi connectivity index (χ2n) is 8.27. The molecular weight excluding hydrogens is 383 g/mol. The summed E-state index contributed by atoms with van der Waals surface area (Å²) in [6.07, 6.45) is 5.26. The average Bonchev–Trinajstić information content (AvgIpc) is 3.11. The van der Waals surface area contributed by atoms with Gasteiger partial charge in [0.2, 0.25) is 5.88 Å². The van der Waals surface area contributed by atoms with Crippen molar-refractivity contribution in [3.05, 3.63) is 51.7 Å². The van der Waals surface area contributed by atoms with Crippen LogP contribution in [0, 0.1) is 23.1 Å². The summed E-state index contributed by atoms with van der Waals surface area (Å²) in [6.45, 7) is 7.33. The summed E-state index contributed by atoms with van der Waals surface area (Å²) in [4.78, 5) is 16.7. The zero-order valence-electron chi connectivity index (χ0n) is 17.9. The van der Waals surface area contributed by atoms with Crippen molar-refractivity contribution in [2.24, 2.45) is 5.92 Å². The molecule has 30 heavy (non-hydrogen) atoms. The van der Waals surface area contributed by atoms with E-state index in [9.17, 15) is 9.18 Å². The molecular formula is C23H29FN4O2. The van der Waals surface area contributed by atoms with E-state index in [1.165, 1.54) is 12.1 Å². The maximum atomic E-state index is 13.5. The van der Waals surface area contributed by atoms with Crippen molar-refractivity contribution < 1.29 is 9.13 Å². The lowest BCUT2D eigenvalue weighted by atomic mass is 9.86. The van der Waals surface area contributed by atoms with Gasteiger partial charge in [0.05, 0.1) is 17.6 Å². The second kappa shape index (κ2) is 9.29. The number of hydrogen-bond donors (Lipinski definition) is 1. The molecule has 2 aromatic rings. The second-order valence-corrected chi connectivity index (χ2v) is 8.27. The molecule has 0 saturated heterocycles. The predicted octanol–water partition coefficient (Wildman–Crippen LogP) is 4.62. The third kappa shape index (κ3) is 4.81.